The van der Waals surface area contributed by atoms with Crippen molar-refractivity contribution in [2.24, 2.45) is 0 Å². The van der Waals surface area contributed by atoms with Crippen molar-refractivity contribution in [3.8, 4) is 0 Å². The molecule has 1 nitrogen and oxygen atoms in total. The molecule has 0 aliphatic carbocycles. The molecule has 0 N–H and O–H groups in total. The van der Waals surface area contributed by atoms with Gasteiger partial charge in [0.25, 0.3) is 0 Å². The Balaban J connectivity index is 0. The van der Waals surface area contributed by atoms with E-state index in [4.69, 9.17) is 0 Å². The van der Waals surface area contributed by atoms with Crippen molar-refractivity contribution in [1.82, 2.24) is 0 Å². The van der Waals surface area contributed by atoms with E-state index in [1.165, 1.54) is 0 Å². The van der Waals surface area contributed by atoms with Crippen LogP contribution in [0.25, 0.3) is 0 Å². The molecule has 0 unspecified atom stereocenters. The van der Waals surface area contributed by atoms with Crippen molar-refractivity contribution >= 4 is 27.3 Å². The molecule has 0 amide bonds. The maximum absolute atomic E-state index is 0. The molecular formula is AuOPbZn+5. The van der Waals surface area contributed by atoms with Crippen molar-refractivity contribution in [3.63, 3.8) is 0 Å². The van der Waals surface area contributed by atoms with Crippen molar-refractivity contribution in [2.75, 3.05) is 0 Å². The summed E-state index contributed by atoms with van der Waals surface area (Å²) in [5.41, 5.74) is 0. The monoisotopic (exact) mass is 485 g/mol. The van der Waals surface area contributed by atoms with Gasteiger partial charge in [0.05, 0.1) is 0 Å². The summed E-state index contributed by atoms with van der Waals surface area (Å²) in [6.07, 6.45) is 0. The van der Waals surface area contributed by atoms with Crippen LogP contribution in [0.2, 0.25) is 0 Å². The maximum Gasteiger partial charge on any atom is 3.00 e. The van der Waals surface area contributed by atoms with E-state index in [1.807, 2.05) is 0 Å². The second kappa shape index (κ2) is 18.7. The third kappa shape index (κ3) is 8.87. The first-order valence-electron chi connectivity index (χ1n) is 0. The van der Waals surface area contributed by atoms with Gasteiger partial charge in [-0.25, -0.2) is 0 Å². The van der Waals surface area contributed by atoms with Crippen LogP contribution < -0.4 is 0 Å². The van der Waals surface area contributed by atoms with Crippen molar-refractivity contribution < 1.29 is 47.3 Å². The first-order valence-corrected chi connectivity index (χ1v) is 0. The molecule has 0 heterocycles. The van der Waals surface area contributed by atoms with E-state index >= 15 is 0 Å². The van der Waals surface area contributed by atoms with E-state index in [0.29, 0.717) is 0 Å². The molecule has 0 saturated carbocycles. The Hall–Kier alpha value is 2.25. The SMILES string of the molecule is [Au+3].[O-2].[Pb+2].[Zn+2]. The predicted octanol–water partition coefficient (Wildman–Crippen LogP) is -0.505. The number of rotatable bonds is 0. The van der Waals surface area contributed by atoms with Gasteiger partial charge in [0.1, 0.15) is 0 Å². The van der Waals surface area contributed by atoms with Crippen LogP contribution in [0.5, 0.6) is 0 Å². The molecule has 0 fully saturated rings. The molecule has 0 bridgehead atoms. The first kappa shape index (κ1) is 34.1. The topological polar surface area (TPSA) is 28.5 Å². The standard InChI is InChI=1S/Au.O.Pb.Zn/q+3;-2;2*+2. The minimum Gasteiger partial charge on any atom is -2.00 e. The zero-order valence-corrected chi connectivity index (χ0v) is 10.9. The molecule has 0 aromatic heterocycles. The Kier molecular flexibility index (Phi) is 160. The minimum atomic E-state index is 0. The number of hydrogen-bond donors (Lipinski definition) is 0. The van der Waals surface area contributed by atoms with E-state index in [9.17, 15) is 0 Å². The van der Waals surface area contributed by atoms with Crippen molar-refractivity contribution in [1.29, 1.82) is 0 Å². The Bertz CT molecular complexity index is 8.00. The largest absolute Gasteiger partial charge is 3.00 e. The molecule has 0 aliphatic rings. The van der Waals surface area contributed by atoms with Crippen LogP contribution in [0, 0.1) is 0 Å². The third-order valence-corrected chi connectivity index (χ3v) is 0. The fourth-order valence-corrected chi connectivity index (χ4v) is 0. The van der Waals surface area contributed by atoms with Crippen LogP contribution in [0.3, 0.4) is 0 Å². The molecular weight excluding hydrogens is 486 g/mol. The summed E-state index contributed by atoms with van der Waals surface area (Å²) in [5, 5.41) is 0. The Morgan fingerprint density at radius 1 is 1.00 bits per heavy atom. The summed E-state index contributed by atoms with van der Waals surface area (Å²) < 4.78 is 0. The summed E-state index contributed by atoms with van der Waals surface area (Å²) in [6, 6.07) is 0. The van der Waals surface area contributed by atoms with E-state index in [2.05, 4.69) is 0 Å². The van der Waals surface area contributed by atoms with Crippen LogP contribution in [0.1, 0.15) is 0 Å². The van der Waals surface area contributed by atoms with Gasteiger partial charge in [0.2, 0.25) is 0 Å². The molecule has 0 aliphatic heterocycles. The Morgan fingerprint density at radius 3 is 1.00 bits per heavy atom. The molecule has 0 spiro atoms. The molecule has 4 heteroatoms. The van der Waals surface area contributed by atoms with Crippen LogP contribution >= 0.6 is 0 Å². The predicted molar refractivity (Wildman–Crippen MR) is 6.44 cm³/mol. The van der Waals surface area contributed by atoms with Crippen LogP contribution in [0.15, 0.2) is 0 Å². The van der Waals surface area contributed by atoms with Crippen LogP contribution in [-0.2, 0) is 47.3 Å². The Labute approximate surface area is 73.6 Å². The van der Waals surface area contributed by atoms with Crippen molar-refractivity contribution in [2.45, 2.75) is 0 Å². The van der Waals surface area contributed by atoms with Gasteiger partial charge in [-0.3, -0.25) is 0 Å². The quantitative estimate of drug-likeness (QED) is 0.414. The van der Waals surface area contributed by atoms with Gasteiger partial charge in [-0.1, -0.05) is 0 Å². The summed E-state index contributed by atoms with van der Waals surface area (Å²) in [5.74, 6) is 0. The van der Waals surface area contributed by atoms with Crippen LogP contribution in [0.4, 0.5) is 0 Å². The summed E-state index contributed by atoms with van der Waals surface area (Å²) in [6.45, 7) is 0. The number of hydrogen-bond acceptors (Lipinski definition) is 0. The summed E-state index contributed by atoms with van der Waals surface area (Å²) in [7, 11) is 0. The molecule has 2 radical (unpaired) electrons. The normalized spacial score (nSPS) is 0. The van der Waals surface area contributed by atoms with E-state index in [0.717, 1.165) is 0 Å². The second-order valence-corrected chi connectivity index (χ2v) is 0. The van der Waals surface area contributed by atoms with Gasteiger partial charge in [-0.15, -0.1) is 0 Å². The van der Waals surface area contributed by atoms with E-state index in [-0.39, 0.29) is 74.6 Å². The first-order chi connectivity index (χ1) is 0. The maximum atomic E-state index is 0. The second-order valence-electron chi connectivity index (χ2n) is 0. The van der Waals surface area contributed by atoms with E-state index < -0.39 is 0 Å². The van der Waals surface area contributed by atoms with Gasteiger partial charge < -0.3 is 5.48 Å². The molecule has 0 aromatic carbocycles. The zero-order valence-electron chi connectivity index (χ0n) is 1.92. The van der Waals surface area contributed by atoms with Crippen LogP contribution in [-0.4, -0.2) is 27.3 Å². The van der Waals surface area contributed by atoms with Gasteiger partial charge in [0, 0.05) is 0 Å². The average Bonchev–Trinajstić information content (AvgIpc) is 0. The van der Waals surface area contributed by atoms with Gasteiger partial charge in [-0.2, -0.15) is 0 Å². The molecule has 0 saturated heterocycles. The summed E-state index contributed by atoms with van der Waals surface area (Å²) in [4.78, 5) is 0. The fraction of sp³-hybridized carbons (Fsp3) is 0. The molecule has 4 heavy (non-hydrogen) atoms. The average molecular weight is 486 g/mol. The summed E-state index contributed by atoms with van der Waals surface area (Å²) >= 11 is 0. The molecule has 0 aromatic rings. The molecule has 18 valence electrons. The smallest absolute Gasteiger partial charge is 2.00 e. The fourth-order valence-electron chi connectivity index (χ4n) is 0. The van der Waals surface area contributed by atoms with Gasteiger partial charge in [0.15, 0.2) is 0 Å². The van der Waals surface area contributed by atoms with Gasteiger partial charge >= 0.3 is 69.2 Å². The van der Waals surface area contributed by atoms with E-state index in [1.54, 1.807) is 0 Å². The zero-order chi connectivity index (χ0) is 0. The molecule has 0 atom stereocenters. The third-order valence-electron chi connectivity index (χ3n) is 0. The van der Waals surface area contributed by atoms with Gasteiger partial charge in [-0.05, 0) is 0 Å². The Morgan fingerprint density at radius 2 is 1.00 bits per heavy atom. The minimum absolute atomic E-state index is 0. The van der Waals surface area contributed by atoms with Crippen molar-refractivity contribution in [3.05, 3.63) is 0 Å². The molecule has 0 rings (SSSR count).